The maximum atomic E-state index is 11.0. The number of ether oxygens (including phenoxy) is 2. The third-order valence-corrected chi connectivity index (χ3v) is 3.72. The molecule has 0 radical (unpaired) electrons. The topological polar surface area (TPSA) is 59.0 Å². The molecular weight excluding hydrogens is 258 g/mol. The second-order valence-electron chi connectivity index (χ2n) is 5.23. The lowest BCUT2D eigenvalue weighted by Crippen LogP contribution is -2.32. The maximum Gasteiger partial charge on any atom is 0.335 e. The first-order chi connectivity index (χ1) is 9.60. The molecule has 0 aromatic heterocycles. The molecule has 1 aromatic rings. The summed E-state index contributed by atoms with van der Waals surface area (Å²) >= 11 is 0. The molecule has 0 unspecified atom stereocenters. The smallest absolute Gasteiger partial charge is 0.335 e. The average molecular weight is 279 g/mol. The van der Waals surface area contributed by atoms with Gasteiger partial charge in [-0.1, -0.05) is 0 Å². The lowest BCUT2D eigenvalue weighted by atomic mass is 9.98. The number of carboxylic acid groups (broad SMARTS) is 1. The minimum Gasteiger partial charge on any atom is -0.493 e. The van der Waals surface area contributed by atoms with E-state index in [9.17, 15) is 4.79 Å². The summed E-state index contributed by atoms with van der Waals surface area (Å²) in [5.74, 6) is 0.635. The Kier molecular flexibility index (Phi) is 4.84. The highest BCUT2D eigenvalue weighted by Gasteiger charge is 2.18. The number of nitrogens with zero attached hydrogens (tertiary/aromatic N) is 1. The highest BCUT2D eigenvalue weighted by Crippen LogP contribution is 2.29. The molecule has 1 aliphatic rings. The molecule has 1 fully saturated rings. The normalized spacial score (nSPS) is 16.9. The van der Waals surface area contributed by atoms with Crippen molar-refractivity contribution in [1.82, 2.24) is 4.90 Å². The third kappa shape index (κ3) is 3.63. The van der Waals surface area contributed by atoms with Gasteiger partial charge in [-0.15, -0.1) is 0 Å². The van der Waals surface area contributed by atoms with Gasteiger partial charge >= 0.3 is 5.97 Å². The van der Waals surface area contributed by atoms with Crippen LogP contribution in [0.5, 0.6) is 11.5 Å². The molecule has 110 valence electrons. The largest absolute Gasteiger partial charge is 0.493 e. The zero-order valence-corrected chi connectivity index (χ0v) is 12.0. The molecule has 1 heterocycles. The predicted octanol–water partition coefficient (Wildman–Crippen LogP) is 2.11. The highest BCUT2D eigenvalue weighted by molar-refractivity contribution is 5.88. The van der Waals surface area contributed by atoms with Crippen molar-refractivity contribution in [3.8, 4) is 11.5 Å². The second-order valence-corrected chi connectivity index (χ2v) is 5.23. The minimum absolute atomic E-state index is 0.212. The monoisotopic (exact) mass is 279 g/mol. The molecule has 0 amide bonds. The number of hydrogen-bond acceptors (Lipinski definition) is 4. The van der Waals surface area contributed by atoms with Crippen molar-refractivity contribution < 1.29 is 19.4 Å². The first-order valence-electron chi connectivity index (χ1n) is 6.83. The number of hydrogen-bond donors (Lipinski definition) is 1. The van der Waals surface area contributed by atoms with Crippen LogP contribution in [0, 0.1) is 5.92 Å². The fraction of sp³-hybridized carbons (Fsp3) is 0.533. The van der Waals surface area contributed by atoms with Crippen LogP contribution in [0.25, 0.3) is 0 Å². The van der Waals surface area contributed by atoms with Crippen molar-refractivity contribution in [3.63, 3.8) is 0 Å². The summed E-state index contributed by atoms with van der Waals surface area (Å²) in [6, 6.07) is 4.67. The lowest BCUT2D eigenvalue weighted by Gasteiger charge is -2.28. The van der Waals surface area contributed by atoms with Gasteiger partial charge in [0.05, 0.1) is 19.3 Å². The molecule has 2 rings (SSSR count). The van der Waals surface area contributed by atoms with E-state index < -0.39 is 5.97 Å². The number of benzene rings is 1. The van der Waals surface area contributed by atoms with E-state index in [1.54, 1.807) is 13.2 Å². The van der Waals surface area contributed by atoms with E-state index in [1.165, 1.54) is 12.1 Å². The van der Waals surface area contributed by atoms with Gasteiger partial charge in [0.25, 0.3) is 0 Å². The molecule has 0 atom stereocenters. The number of methoxy groups -OCH3 is 1. The van der Waals surface area contributed by atoms with Gasteiger partial charge in [-0.25, -0.2) is 4.79 Å². The fourth-order valence-corrected chi connectivity index (χ4v) is 2.36. The Morgan fingerprint density at radius 1 is 1.35 bits per heavy atom. The average Bonchev–Trinajstić information content (AvgIpc) is 2.46. The van der Waals surface area contributed by atoms with Crippen LogP contribution in [0.4, 0.5) is 0 Å². The van der Waals surface area contributed by atoms with E-state index in [1.807, 2.05) is 0 Å². The van der Waals surface area contributed by atoms with E-state index >= 15 is 0 Å². The Labute approximate surface area is 119 Å². The highest BCUT2D eigenvalue weighted by atomic mass is 16.5. The van der Waals surface area contributed by atoms with Gasteiger partial charge in [0, 0.05) is 0 Å². The molecule has 0 spiro atoms. The van der Waals surface area contributed by atoms with Crippen molar-refractivity contribution in [2.24, 2.45) is 5.92 Å². The van der Waals surface area contributed by atoms with Crippen LogP contribution in [0.15, 0.2) is 18.2 Å². The van der Waals surface area contributed by atoms with Crippen molar-refractivity contribution in [1.29, 1.82) is 0 Å². The molecule has 1 aliphatic heterocycles. The quantitative estimate of drug-likeness (QED) is 0.894. The van der Waals surface area contributed by atoms with E-state index in [2.05, 4.69) is 11.9 Å². The molecule has 0 bridgehead atoms. The van der Waals surface area contributed by atoms with Crippen LogP contribution in [0.1, 0.15) is 23.2 Å². The zero-order valence-electron chi connectivity index (χ0n) is 12.0. The molecule has 1 saturated heterocycles. The number of carbonyl (C=O) groups is 1. The second kappa shape index (κ2) is 6.61. The Morgan fingerprint density at radius 2 is 2.05 bits per heavy atom. The molecule has 20 heavy (non-hydrogen) atoms. The van der Waals surface area contributed by atoms with Gasteiger partial charge in [-0.3, -0.25) is 0 Å². The Balaban J connectivity index is 2.00. The molecule has 5 nitrogen and oxygen atoms in total. The minimum atomic E-state index is -0.961. The number of aromatic carboxylic acids is 1. The molecule has 1 N–H and O–H groups in total. The van der Waals surface area contributed by atoms with Crippen molar-refractivity contribution >= 4 is 5.97 Å². The summed E-state index contributed by atoms with van der Waals surface area (Å²) in [4.78, 5) is 13.3. The lowest BCUT2D eigenvalue weighted by molar-refractivity contribution is 0.0696. The SMILES string of the molecule is COc1ccc(C(=O)O)cc1OCC1CCN(C)CC1. The van der Waals surface area contributed by atoms with Crippen molar-refractivity contribution in [3.05, 3.63) is 23.8 Å². The number of carboxylic acids is 1. The first-order valence-corrected chi connectivity index (χ1v) is 6.83. The Hall–Kier alpha value is -1.75. The number of rotatable bonds is 5. The molecule has 0 saturated carbocycles. The van der Waals surface area contributed by atoms with Crippen LogP contribution in [0.2, 0.25) is 0 Å². The first kappa shape index (κ1) is 14.7. The summed E-state index contributed by atoms with van der Waals surface area (Å²) in [5, 5.41) is 9.02. The Bertz CT molecular complexity index is 467. The standard InChI is InChI=1S/C15H21NO4/c1-16-7-5-11(6-8-16)10-20-14-9-12(15(17)18)3-4-13(14)19-2/h3-4,9,11H,5-8,10H2,1-2H3,(H,17,18). The van der Waals surface area contributed by atoms with Crippen LogP contribution in [-0.2, 0) is 0 Å². The van der Waals surface area contributed by atoms with E-state index in [4.69, 9.17) is 14.6 Å². The fourth-order valence-electron chi connectivity index (χ4n) is 2.36. The van der Waals surface area contributed by atoms with Gasteiger partial charge in [-0.05, 0) is 57.1 Å². The summed E-state index contributed by atoms with van der Waals surface area (Å²) in [5.41, 5.74) is 0.212. The van der Waals surface area contributed by atoms with Gasteiger partial charge in [-0.2, -0.15) is 0 Å². The zero-order chi connectivity index (χ0) is 14.5. The van der Waals surface area contributed by atoms with Crippen LogP contribution >= 0.6 is 0 Å². The third-order valence-electron chi connectivity index (χ3n) is 3.72. The Morgan fingerprint density at radius 3 is 2.65 bits per heavy atom. The van der Waals surface area contributed by atoms with Crippen molar-refractivity contribution in [2.75, 3.05) is 33.9 Å². The van der Waals surface area contributed by atoms with Crippen molar-refractivity contribution in [2.45, 2.75) is 12.8 Å². The van der Waals surface area contributed by atoms with Gasteiger partial charge in [0.1, 0.15) is 0 Å². The van der Waals surface area contributed by atoms with Crippen LogP contribution in [-0.4, -0.2) is 49.8 Å². The number of likely N-dealkylation sites (tertiary alicyclic amines) is 1. The molecule has 1 aromatic carbocycles. The molecule has 0 aliphatic carbocycles. The summed E-state index contributed by atoms with van der Waals surface area (Å²) < 4.78 is 11.0. The van der Waals surface area contributed by atoms with Gasteiger partial charge < -0.3 is 19.5 Å². The predicted molar refractivity (Wildman–Crippen MR) is 75.7 cm³/mol. The van der Waals surface area contributed by atoms with Crippen LogP contribution < -0.4 is 9.47 Å². The van der Waals surface area contributed by atoms with E-state index in [0.717, 1.165) is 25.9 Å². The maximum absolute atomic E-state index is 11.0. The summed E-state index contributed by atoms with van der Waals surface area (Å²) in [6.07, 6.45) is 2.22. The number of piperidine rings is 1. The van der Waals surface area contributed by atoms with Crippen LogP contribution in [0.3, 0.4) is 0 Å². The van der Waals surface area contributed by atoms with E-state index in [0.29, 0.717) is 24.0 Å². The van der Waals surface area contributed by atoms with Gasteiger partial charge in [0.15, 0.2) is 11.5 Å². The van der Waals surface area contributed by atoms with Gasteiger partial charge in [0.2, 0.25) is 0 Å². The summed E-state index contributed by atoms with van der Waals surface area (Å²) in [6.45, 7) is 2.77. The molecular formula is C15H21NO4. The molecule has 5 heteroatoms. The van der Waals surface area contributed by atoms with E-state index in [-0.39, 0.29) is 5.56 Å². The summed E-state index contributed by atoms with van der Waals surface area (Å²) in [7, 11) is 3.68.